The van der Waals surface area contributed by atoms with Crippen LogP contribution in [0.4, 0.5) is 0 Å². The van der Waals surface area contributed by atoms with Gasteiger partial charge in [-0.2, -0.15) is 4.31 Å². The summed E-state index contributed by atoms with van der Waals surface area (Å²) < 4.78 is 36.3. The third-order valence-electron chi connectivity index (χ3n) is 3.77. The molecule has 2 aromatic carbocycles. The second-order valence-electron chi connectivity index (χ2n) is 5.53. The summed E-state index contributed by atoms with van der Waals surface area (Å²) in [6.07, 6.45) is 2.84. The van der Waals surface area contributed by atoms with E-state index in [1.165, 1.54) is 36.7 Å². The number of methoxy groups -OCH3 is 2. The summed E-state index contributed by atoms with van der Waals surface area (Å²) in [6.45, 7) is 0.246. The highest BCUT2D eigenvalue weighted by molar-refractivity contribution is 7.89. The number of carbonyl (C=O) groups is 1. The first-order valence-electron chi connectivity index (χ1n) is 7.82. The number of nitrogens with zero attached hydrogens (tertiary/aromatic N) is 1. The van der Waals surface area contributed by atoms with Gasteiger partial charge in [0.1, 0.15) is 5.75 Å². The maximum Gasteiger partial charge on any atom is 0.330 e. The zero-order chi connectivity index (χ0) is 19.2. The summed E-state index contributed by atoms with van der Waals surface area (Å²) in [5, 5.41) is 0. The van der Waals surface area contributed by atoms with Gasteiger partial charge in [0.2, 0.25) is 10.0 Å². The number of ether oxygens (including phenoxy) is 2. The van der Waals surface area contributed by atoms with Crippen LogP contribution in [-0.4, -0.2) is 40.0 Å². The number of benzene rings is 2. The van der Waals surface area contributed by atoms with Crippen molar-refractivity contribution in [1.82, 2.24) is 4.31 Å². The molecule has 26 heavy (non-hydrogen) atoms. The van der Waals surface area contributed by atoms with Crippen molar-refractivity contribution in [2.45, 2.75) is 11.4 Å². The molecular weight excluding hydrogens is 354 g/mol. The first kappa shape index (κ1) is 19.7. The number of hydrogen-bond acceptors (Lipinski definition) is 5. The van der Waals surface area contributed by atoms with E-state index < -0.39 is 16.0 Å². The minimum absolute atomic E-state index is 0.184. The Labute approximate surface area is 153 Å². The lowest BCUT2D eigenvalue weighted by Gasteiger charge is -2.17. The van der Waals surface area contributed by atoms with E-state index in [2.05, 4.69) is 4.74 Å². The average Bonchev–Trinajstić information content (AvgIpc) is 2.66. The second kappa shape index (κ2) is 8.64. The number of sulfonamides is 1. The Morgan fingerprint density at radius 2 is 1.65 bits per heavy atom. The van der Waals surface area contributed by atoms with Gasteiger partial charge in [0, 0.05) is 19.7 Å². The first-order valence-corrected chi connectivity index (χ1v) is 9.26. The Balaban J connectivity index is 2.12. The molecule has 0 spiro atoms. The third-order valence-corrected chi connectivity index (χ3v) is 5.58. The van der Waals surface area contributed by atoms with Gasteiger partial charge in [-0.25, -0.2) is 13.2 Å². The van der Waals surface area contributed by atoms with Crippen molar-refractivity contribution in [2.75, 3.05) is 21.3 Å². The molecule has 2 aromatic rings. The number of rotatable bonds is 7. The largest absolute Gasteiger partial charge is 0.497 e. The van der Waals surface area contributed by atoms with E-state index >= 15 is 0 Å². The zero-order valence-corrected chi connectivity index (χ0v) is 15.7. The van der Waals surface area contributed by atoms with Crippen LogP contribution in [0.3, 0.4) is 0 Å². The first-order chi connectivity index (χ1) is 12.4. The van der Waals surface area contributed by atoms with Gasteiger partial charge in [0.15, 0.2) is 0 Å². The molecule has 138 valence electrons. The highest BCUT2D eigenvalue weighted by Gasteiger charge is 2.20. The van der Waals surface area contributed by atoms with Crippen molar-refractivity contribution in [3.63, 3.8) is 0 Å². The van der Waals surface area contributed by atoms with E-state index in [9.17, 15) is 13.2 Å². The fourth-order valence-electron chi connectivity index (χ4n) is 2.24. The molecule has 0 radical (unpaired) electrons. The molecule has 0 atom stereocenters. The molecule has 0 heterocycles. The molecule has 6 nitrogen and oxygen atoms in total. The summed E-state index contributed by atoms with van der Waals surface area (Å²) in [5.74, 6) is 0.246. The van der Waals surface area contributed by atoms with E-state index in [0.29, 0.717) is 5.56 Å². The lowest BCUT2D eigenvalue weighted by molar-refractivity contribution is -0.134. The van der Waals surface area contributed by atoms with Crippen LogP contribution >= 0.6 is 0 Å². The van der Waals surface area contributed by atoms with Crippen molar-refractivity contribution in [3.05, 3.63) is 65.7 Å². The molecular formula is C19H21NO5S. The van der Waals surface area contributed by atoms with E-state index in [1.807, 2.05) is 12.1 Å². The van der Waals surface area contributed by atoms with Crippen molar-refractivity contribution < 1.29 is 22.7 Å². The number of hydrogen-bond donors (Lipinski definition) is 0. The van der Waals surface area contributed by atoms with Gasteiger partial charge in [0.25, 0.3) is 0 Å². The van der Waals surface area contributed by atoms with Crippen LogP contribution in [0.1, 0.15) is 11.1 Å². The quantitative estimate of drug-likeness (QED) is 0.550. The van der Waals surface area contributed by atoms with Crippen LogP contribution in [0.15, 0.2) is 59.5 Å². The van der Waals surface area contributed by atoms with E-state index in [0.717, 1.165) is 11.3 Å². The van der Waals surface area contributed by atoms with Gasteiger partial charge in [-0.15, -0.1) is 0 Å². The fraction of sp³-hybridized carbons (Fsp3) is 0.211. The lowest BCUT2D eigenvalue weighted by atomic mass is 10.2. The molecule has 0 amide bonds. The molecule has 0 aliphatic rings. The maximum atomic E-state index is 12.7. The van der Waals surface area contributed by atoms with Crippen LogP contribution < -0.4 is 4.74 Å². The van der Waals surface area contributed by atoms with Crippen molar-refractivity contribution >= 4 is 22.1 Å². The summed E-state index contributed by atoms with van der Waals surface area (Å²) in [4.78, 5) is 11.3. The van der Waals surface area contributed by atoms with Gasteiger partial charge < -0.3 is 9.47 Å². The van der Waals surface area contributed by atoms with Crippen LogP contribution in [-0.2, 0) is 26.1 Å². The van der Waals surface area contributed by atoms with Crippen LogP contribution in [0.2, 0.25) is 0 Å². The average molecular weight is 375 g/mol. The fourth-order valence-corrected chi connectivity index (χ4v) is 3.40. The summed E-state index contributed by atoms with van der Waals surface area (Å²) >= 11 is 0. The van der Waals surface area contributed by atoms with Crippen molar-refractivity contribution in [2.24, 2.45) is 0 Å². The predicted molar refractivity (Wildman–Crippen MR) is 99.1 cm³/mol. The molecule has 0 unspecified atom stereocenters. The SMILES string of the molecule is COC(=O)C=Cc1ccc(S(=O)(=O)N(C)Cc2ccc(OC)cc2)cc1. The summed E-state index contributed by atoms with van der Waals surface area (Å²) in [6, 6.07) is 13.5. The van der Waals surface area contributed by atoms with E-state index in [4.69, 9.17) is 4.74 Å². The molecule has 0 aliphatic carbocycles. The topological polar surface area (TPSA) is 72.9 Å². The Bertz CT molecular complexity index is 871. The van der Waals surface area contributed by atoms with Gasteiger partial charge in [0.05, 0.1) is 19.1 Å². The van der Waals surface area contributed by atoms with Crippen molar-refractivity contribution in [1.29, 1.82) is 0 Å². The smallest absolute Gasteiger partial charge is 0.330 e. The van der Waals surface area contributed by atoms with E-state index in [1.54, 1.807) is 37.5 Å². The Kier molecular flexibility index (Phi) is 6.54. The molecule has 0 N–H and O–H groups in total. The van der Waals surface area contributed by atoms with Gasteiger partial charge >= 0.3 is 5.97 Å². The van der Waals surface area contributed by atoms with Crippen LogP contribution in [0.25, 0.3) is 6.08 Å². The van der Waals surface area contributed by atoms with Crippen LogP contribution in [0.5, 0.6) is 5.75 Å². The molecule has 0 saturated heterocycles. The van der Waals surface area contributed by atoms with Gasteiger partial charge in [-0.05, 0) is 41.5 Å². The molecule has 0 saturated carbocycles. The highest BCUT2D eigenvalue weighted by Crippen LogP contribution is 2.19. The molecule has 0 fully saturated rings. The van der Waals surface area contributed by atoms with Crippen LogP contribution in [0, 0.1) is 0 Å². The zero-order valence-electron chi connectivity index (χ0n) is 14.9. The Hall–Kier alpha value is -2.64. The molecule has 2 rings (SSSR count). The third kappa shape index (κ3) is 4.93. The summed E-state index contributed by atoms with van der Waals surface area (Å²) in [5.41, 5.74) is 1.56. The molecule has 7 heteroatoms. The van der Waals surface area contributed by atoms with E-state index in [-0.39, 0.29) is 11.4 Å². The van der Waals surface area contributed by atoms with Crippen molar-refractivity contribution in [3.8, 4) is 5.75 Å². The standard InChI is InChI=1S/C19H21NO5S/c1-20(14-16-4-9-17(24-2)10-5-16)26(22,23)18-11-6-15(7-12-18)8-13-19(21)25-3/h4-13H,14H2,1-3H3. The summed E-state index contributed by atoms with van der Waals surface area (Å²) in [7, 11) is 0.785. The highest BCUT2D eigenvalue weighted by atomic mass is 32.2. The number of carbonyl (C=O) groups excluding carboxylic acids is 1. The minimum Gasteiger partial charge on any atom is -0.497 e. The minimum atomic E-state index is -3.62. The number of esters is 1. The Morgan fingerprint density at radius 3 is 2.19 bits per heavy atom. The normalized spacial score (nSPS) is 11.7. The molecule has 0 aliphatic heterocycles. The van der Waals surface area contributed by atoms with Gasteiger partial charge in [-0.3, -0.25) is 0 Å². The van der Waals surface area contributed by atoms with Gasteiger partial charge in [-0.1, -0.05) is 24.3 Å². The maximum absolute atomic E-state index is 12.7. The lowest BCUT2D eigenvalue weighted by Crippen LogP contribution is -2.26. The predicted octanol–water partition coefficient (Wildman–Crippen LogP) is 2.70. The monoisotopic (exact) mass is 375 g/mol. The second-order valence-corrected chi connectivity index (χ2v) is 7.58. The molecule has 0 aromatic heterocycles. The Morgan fingerprint density at radius 1 is 1.04 bits per heavy atom. The molecule has 0 bridgehead atoms.